The van der Waals surface area contributed by atoms with E-state index in [1.165, 1.54) is 23.3 Å². The van der Waals surface area contributed by atoms with Crippen LogP contribution < -0.4 is 5.32 Å². The smallest absolute Gasteiger partial charge is 0.263 e. The number of hydrogen-bond donors (Lipinski definition) is 1. The Morgan fingerprint density at radius 1 is 1.19 bits per heavy atom. The van der Waals surface area contributed by atoms with Gasteiger partial charge in [0.1, 0.15) is 29.0 Å². The van der Waals surface area contributed by atoms with Gasteiger partial charge in [0.05, 0.1) is 13.1 Å². The van der Waals surface area contributed by atoms with Crippen molar-refractivity contribution in [1.29, 1.82) is 0 Å². The van der Waals surface area contributed by atoms with Crippen molar-refractivity contribution in [3.8, 4) is 11.3 Å². The summed E-state index contributed by atoms with van der Waals surface area (Å²) in [6.45, 7) is 0.720. The zero-order valence-corrected chi connectivity index (χ0v) is 18.1. The Bertz CT molecular complexity index is 1200. The Labute approximate surface area is 188 Å². The number of benzene rings is 1. The molecule has 3 heterocycles. The molecule has 5 rings (SSSR count). The van der Waals surface area contributed by atoms with Crippen molar-refractivity contribution < 1.29 is 13.7 Å². The number of anilines is 1. The number of carbonyl (C=O) groups is 1. The van der Waals surface area contributed by atoms with E-state index in [0.29, 0.717) is 34.7 Å². The minimum absolute atomic E-state index is 0.0249. The third-order valence-corrected chi connectivity index (χ3v) is 6.65. The minimum Gasteiger partial charge on any atom is -0.360 e. The van der Waals surface area contributed by atoms with E-state index < -0.39 is 0 Å². The van der Waals surface area contributed by atoms with Crippen molar-refractivity contribution in [2.45, 2.75) is 38.3 Å². The van der Waals surface area contributed by atoms with Crippen molar-refractivity contribution in [3.63, 3.8) is 0 Å². The molecule has 0 radical (unpaired) electrons. The molecular weight excluding hydrogens is 429 g/mol. The number of halogens is 1. The lowest BCUT2D eigenvalue weighted by Gasteiger charge is -2.29. The molecule has 4 aromatic rings. The molecule has 1 amide bonds. The molecule has 1 N–H and O–H groups in total. The van der Waals surface area contributed by atoms with E-state index in [-0.39, 0.29) is 24.3 Å². The van der Waals surface area contributed by atoms with E-state index in [9.17, 15) is 9.18 Å². The van der Waals surface area contributed by atoms with Crippen LogP contribution in [0.4, 0.5) is 10.2 Å². The first-order valence-electron chi connectivity index (χ1n) is 10.6. The summed E-state index contributed by atoms with van der Waals surface area (Å²) in [5, 5.41) is 9.86. The van der Waals surface area contributed by atoms with Crippen molar-refractivity contribution in [2.75, 3.05) is 11.9 Å². The summed E-state index contributed by atoms with van der Waals surface area (Å²) >= 11 is 1.66. The molecule has 1 aromatic carbocycles. The average molecular weight is 452 g/mol. The maximum Gasteiger partial charge on any atom is 0.263 e. The predicted octanol–water partition coefficient (Wildman–Crippen LogP) is 4.87. The summed E-state index contributed by atoms with van der Waals surface area (Å²) in [4.78, 5) is 24.9. The van der Waals surface area contributed by atoms with Gasteiger partial charge in [0.25, 0.3) is 5.71 Å². The van der Waals surface area contributed by atoms with Gasteiger partial charge in [-0.15, -0.1) is 11.3 Å². The van der Waals surface area contributed by atoms with E-state index in [2.05, 4.69) is 26.5 Å². The van der Waals surface area contributed by atoms with E-state index >= 15 is 0 Å². The molecule has 0 aliphatic heterocycles. The Morgan fingerprint density at radius 3 is 2.75 bits per heavy atom. The van der Waals surface area contributed by atoms with Gasteiger partial charge in [-0.25, -0.2) is 9.37 Å². The van der Waals surface area contributed by atoms with Gasteiger partial charge in [0.15, 0.2) is 0 Å². The number of aromatic nitrogens is 3. The van der Waals surface area contributed by atoms with Crippen LogP contribution in [-0.2, 0) is 11.3 Å². The third-order valence-electron chi connectivity index (χ3n) is 5.79. The van der Waals surface area contributed by atoms with Crippen LogP contribution in [-0.4, -0.2) is 38.5 Å². The second kappa shape index (κ2) is 9.04. The fraction of sp³-hybridized carbons (Fsp3) is 0.304. The van der Waals surface area contributed by atoms with E-state index in [1.807, 2.05) is 16.3 Å². The second-order valence-electron chi connectivity index (χ2n) is 7.83. The number of fused-ring (bicyclic) bond motifs is 1. The number of carbonyl (C=O) groups excluding carboxylic acids is 1. The Balaban J connectivity index is 1.38. The van der Waals surface area contributed by atoms with Gasteiger partial charge in [0, 0.05) is 16.5 Å². The number of hydrogen-bond acceptors (Lipinski definition) is 7. The summed E-state index contributed by atoms with van der Waals surface area (Å²) in [6.07, 6.45) is 5.75. The zero-order chi connectivity index (χ0) is 21.9. The number of nitrogens with one attached hydrogen (secondary N) is 1. The third kappa shape index (κ3) is 4.20. The Morgan fingerprint density at radius 2 is 2.00 bits per heavy atom. The van der Waals surface area contributed by atoms with E-state index in [0.717, 1.165) is 25.7 Å². The van der Waals surface area contributed by atoms with Gasteiger partial charge in [-0.05, 0) is 48.6 Å². The van der Waals surface area contributed by atoms with Crippen LogP contribution in [0.5, 0.6) is 0 Å². The molecule has 0 unspecified atom stereocenters. The highest BCUT2D eigenvalue weighted by atomic mass is 32.1. The van der Waals surface area contributed by atoms with Gasteiger partial charge in [-0.2, -0.15) is 4.98 Å². The first-order valence-corrected chi connectivity index (χ1v) is 11.5. The van der Waals surface area contributed by atoms with Crippen LogP contribution in [0.3, 0.4) is 0 Å². The fourth-order valence-corrected chi connectivity index (χ4v) is 4.90. The number of nitrogens with zero attached hydrogens (tertiary/aromatic N) is 4. The topological polar surface area (TPSA) is 84.2 Å². The molecule has 7 nitrogen and oxygen atoms in total. The number of thiophene rings is 1. The lowest BCUT2D eigenvalue weighted by atomic mass is 10.1. The highest BCUT2D eigenvalue weighted by Crippen LogP contribution is 2.31. The van der Waals surface area contributed by atoms with Gasteiger partial charge in [-0.3, -0.25) is 4.79 Å². The number of rotatable bonds is 7. The molecular formula is C23H22FN5O2S. The van der Waals surface area contributed by atoms with Crippen molar-refractivity contribution in [2.24, 2.45) is 0 Å². The molecule has 0 atom stereocenters. The highest BCUT2D eigenvalue weighted by Gasteiger charge is 2.27. The average Bonchev–Trinajstić information content (AvgIpc) is 3.58. The molecule has 164 valence electrons. The summed E-state index contributed by atoms with van der Waals surface area (Å²) in [5.74, 6) is 0.155. The fourth-order valence-electron chi connectivity index (χ4n) is 4.19. The molecule has 32 heavy (non-hydrogen) atoms. The molecule has 1 aliphatic carbocycles. The van der Waals surface area contributed by atoms with Crippen LogP contribution >= 0.6 is 11.3 Å². The molecule has 3 aromatic heterocycles. The largest absolute Gasteiger partial charge is 0.360 e. The first-order chi connectivity index (χ1) is 15.7. The second-order valence-corrected chi connectivity index (χ2v) is 8.87. The quantitative estimate of drug-likeness (QED) is 0.432. The highest BCUT2D eigenvalue weighted by molar-refractivity contribution is 7.09. The molecule has 0 bridgehead atoms. The minimum atomic E-state index is -0.334. The maximum atomic E-state index is 13.3. The van der Waals surface area contributed by atoms with Gasteiger partial charge < -0.3 is 14.7 Å². The standard InChI is InChI=1S/C23H22FN5O2S/c24-16-9-7-15(8-10-16)21-20-22(26-14-27-23(20)31-28-21)25-12-19(30)29(17-4-1-2-5-17)13-18-6-3-11-32-18/h3,6-11,14,17H,1-2,4-5,12-13H2,(H,25,26,27). The molecule has 1 saturated carbocycles. The van der Waals surface area contributed by atoms with Crippen LogP contribution in [0.2, 0.25) is 0 Å². The lowest BCUT2D eigenvalue weighted by molar-refractivity contribution is -0.132. The van der Waals surface area contributed by atoms with Gasteiger partial charge >= 0.3 is 0 Å². The van der Waals surface area contributed by atoms with E-state index in [4.69, 9.17) is 4.52 Å². The number of amides is 1. The Hall–Kier alpha value is -3.33. The van der Waals surface area contributed by atoms with Crippen molar-refractivity contribution in [1.82, 2.24) is 20.0 Å². The molecule has 1 aliphatic rings. The molecule has 0 spiro atoms. The molecule has 0 saturated heterocycles. The van der Waals surface area contributed by atoms with Gasteiger partial charge in [-0.1, -0.05) is 24.1 Å². The van der Waals surface area contributed by atoms with Gasteiger partial charge in [0.2, 0.25) is 5.91 Å². The van der Waals surface area contributed by atoms with E-state index in [1.54, 1.807) is 23.5 Å². The molecule has 1 fully saturated rings. The monoisotopic (exact) mass is 451 g/mol. The predicted molar refractivity (Wildman–Crippen MR) is 121 cm³/mol. The van der Waals surface area contributed by atoms with Crippen LogP contribution in [0, 0.1) is 5.82 Å². The Kier molecular flexibility index (Phi) is 5.81. The summed E-state index contributed by atoms with van der Waals surface area (Å²) in [7, 11) is 0. The first kappa shape index (κ1) is 20.6. The maximum absolute atomic E-state index is 13.3. The lowest BCUT2D eigenvalue weighted by Crippen LogP contribution is -2.41. The zero-order valence-electron chi connectivity index (χ0n) is 17.3. The normalized spacial score (nSPS) is 14.2. The van der Waals surface area contributed by atoms with Crippen LogP contribution in [0.15, 0.2) is 52.6 Å². The molecule has 9 heteroatoms. The van der Waals surface area contributed by atoms with Crippen LogP contribution in [0.1, 0.15) is 30.6 Å². The summed E-state index contributed by atoms with van der Waals surface area (Å²) < 4.78 is 18.7. The van der Waals surface area contributed by atoms with Crippen LogP contribution in [0.25, 0.3) is 22.4 Å². The summed E-state index contributed by atoms with van der Waals surface area (Å²) in [5.41, 5.74) is 1.49. The summed E-state index contributed by atoms with van der Waals surface area (Å²) in [6, 6.07) is 10.3. The SMILES string of the molecule is O=C(CNc1ncnc2onc(-c3ccc(F)cc3)c12)N(Cc1cccs1)C1CCCC1. The van der Waals surface area contributed by atoms with Crippen molar-refractivity contribution in [3.05, 3.63) is 58.8 Å². The van der Waals surface area contributed by atoms with Crippen molar-refractivity contribution >= 4 is 34.2 Å².